The molecule has 3 aromatic rings. The van der Waals surface area contributed by atoms with E-state index in [2.05, 4.69) is 40.8 Å². The number of nitrogens with one attached hydrogen (secondary N) is 3. The summed E-state index contributed by atoms with van der Waals surface area (Å²) in [5.41, 5.74) is 10.8. The van der Waals surface area contributed by atoms with Crippen molar-refractivity contribution in [3.8, 4) is 0 Å². The van der Waals surface area contributed by atoms with Crippen molar-refractivity contribution in [2.45, 2.75) is 52.7 Å². The number of piperidine rings is 1. The highest BCUT2D eigenvalue weighted by Crippen LogP contribution is 2.30. The van der Waals surface area contributed by atoms with Gasteiger partial charge in [-0.1, -0.05) is 32.0 Å². The number of β-amino-alcohol motifs (C(OH)–C–C–N with tert-alkyl or cyclic N) is 1. The van der Waals surface area contributed by atoms with Crippen LogP contribution in [0.25, 0.3) is 11.2 Å². The fraction of sp³-hybridized carbons (Fsp3) is 0.444. The van der Waals surface area contributed by atoms with E-state index in [1.165, 1.54) is 0 Å². The fourth-order valence-electron chi connectivity index (χ4n) is 4.63. The number of aliphatic hydroxyl groups excluding tert-OH is 1. The minimum Gasteiger partial charge on any atom is -0.391 e. The van der Waals surface area contributed by atoms with Crippen LogP contribution in [0.4, 0.5) is 11.6 Å². The highest BCUT2D eigenvalue weighted by atomic mass is 16.3. The zero-order chi connectivity index (χ0) is 25.8. The Morgan fingerprint density at radius 1 is 1.28 bits per heavy atom. The predicted molar refractivity (Wildman–Crippen MR) is 144 cm³/mol. The molecule has 6 N–H and O–H groups in total. The summed E-state index contributed by atoms with van der Waals surface area (Å²) in [4.78, 5) is 16.2. The molecule has 0 spiro atoms. The number of hydrogen-bond acceptors (Lipinski definition) is 7. The number of amides is 1. The second-order valence-corrected chi connectivity index (χ2v) is 9.85. The molecule has 0 radical (unpaired) electrons. The fourth-order valence-corrected chi connectivity index (χ4v) is 4.63. The third-order valence-corrected chi connectivity index (χ3v) is 7.02. The maximum Gasteiger partial charge on any atom is 0.244 e. The van der Waals surface area contributed by atoms with Gasteiger partial charge in [0, 0.05) is 42.9 Å². The number of carbonyl (C=O) groups is 1. The summed E-state index contributed by atoms with van der Waals surface area (Å²) in [6.07, 6.45) is 2.36. The van der Waals surface area contributed by atoms with Crippen LogP contribution in [0.1, 0.15) is 56.7 Å². The van der Waals surface area contributed by atoms with Gasteiger partial charge in [-0.05, 0) is 61.6 Å². The molecule has 0 bridgehead atoms. The second kappa shape index (κ2) is 11.1. The topological polar surface area (TPSA) is 130 Å². The van der Waals surface area contributed by atoms with Crippen molar-refractivity contribution < 1.29 is 9.90 Å². The van der Waals surface area contributed by atoms with Gasteiger partial charge in [-0.3, -0.25) is 4.79 Å². The average molecular weight is 492 g/mol. The Morgan fingerprint density at radius 2 is 2.08 bits per heavy atom. The minimum atomic E-state index is -0.408. The Hall–Kier alpha value is -3.43. The van der Waals surface area contributed by atoms with Crippen molar-refractivity contribution in [1.82, 2.24) is 19.9 Å². The zero-order valence-corrected chi connectivity index (χ0v) is 21.5. The van der Waals surface area contributed by atoms with Crippen LogP contribution < -0.4 is 21.7 Å². The maximum atomic E-state index is 11.6. The van der Waals surface area contributed by atoms with Crippen molar-refractivity contribution >= 4 is 28.8 Å². The molecule has 1 aromatic carbocycles. The molecule has 1 saturated heterocycles. The van der Waals surface area contributed by atoms with Crippen LogP contribution in [-0.2, 0) is 11.3 Å². The van der Waals surface area contributed by atoms with Crippen LogP contribution >= 0.6 is 0 Å². The van der Waals surface area contributed by atoms with Crippen LogP contribution in [-0.4, -0.2) is 51.4 Å². The molecule has 2 aromatic heterocycles. The molecule has 0 unspecified atom stereocenters. The van der Waals surface area contributed by atoms with Gasteiger partial charge in [-0.25, -0.2) is 4.98 Å². The van der Waals surface area contributed by atoms with Gasteiger partial charge in [0.05, 0.1) is 6.10 Å². The number of fused-ring (bicyclic) bond motifs is 1. The molecule has 1 fully saturated rings. The first-order valence-corrected chi connectivity index (χ1v) is 12.6. The molecule has 1 aliphatic rings. The van der Waals surface area contributed by atoms with Crippen LogP contribution in [0.5, 0.6) is 0 Å². The number of primary amides is 1. The monoisotopic (exact) mass is 491 g/mol. The van der Waals surface area contributed by atoms with Crippen molar-refractivity contribution in [2.75, 3.05) is 30.3 Å². The zero-order valence-electron chi connectivity index (χ0n) is 21.5. The van der Waals surface area contributed by atoms with E-state index in [1.807, 2.05) is 35.7 Å². The van der Waals surface area contributed by atoms with E-state index in [0.29, 0.717) is 25.2 Å². The lowest BCUT2D eigenvalue weighted by Gasteiger charge is -2.28. The second-order valence-electron chi connectivity index (χ2n) is 9.85. The lowest BCUT2D eigenvalue weighted by molar-refractivity contribution is -0.114. The molecule has 1 amide bonds. The molecule has 2 atom stereocenters. The first-order valence-electron chi connectivity index (χ1n) is 12.6. The van der Waals surface area contributed by atoms with Crippen molar-refractivity contribution in [3.05, 3.63) is 58.8 Å². The first-order chi connectivity index (χ1) is 17.3. The van der Waals surface area contributed by atoms with E-state index in [1.54, 1.807) is 13.1 Å². The number of allylic oxidation sites excluding steroid dienone is 1. The van der Waals surface area contributed by atoms with Gasteiger partial charge >= 0.3 is 0 Å². The average Bonchev–Trinajstić information content (AvgIpc) is 3.25. The Bertz CT molecular complexity index is 1260. The van der Waals surface area contributed by atoms with Crippen LogP contribution in [0.3, 0.4) is 0 Å². The molecule has 9 heteroatoms. The summed E-state index contributed by atoms with van der Waals surface area (Å²) >= 11 is 0. The predicted octanol–water partition coefficient (Wildman–Crippen LogP) is 3.13. The van der Waals surface area contributed by atoms with Gasteiger partial charge in [-0.2, -0.15) is 4.52 Å². The van der Waals surface area contributed by atoms with Crippen LogP contribution in [0.15, 0.2) is 42.1 Å². The number of nitrogens with two attached hydrogens (primary N) is 1. The molecule has 36 heavy (non-hydrogen) atoms. The van der Waals surface area contributed by atoms with Gasteiger partial charge < -0.3 is 26.8 Å². The minimum absolute atomic E-state index is 0.185. The van der Waals surface area contributed by atoms with Gasteiger partial charge in [-0.15, -0.1) is 5.10 Å². The first kappa shape index (κ1) is 25.7. The smallest absolute Gasteiger partial charge is 0.244 e. The van der Waals surface area contributed by atoms with E-state index < -0.39 is 5.91 Å². The summed E-state index contributed by atoms with van der Waals surface area (Å²) in [7, 11) is 0. The molecule has 1 aliphatic heterocycles. The van der Waals surface area contributed by atoms with Gasteiger partial charge in [0.1, 0.15) is 5.82 Å². The summed E-state index contributed by atoms with van der Waals surface area (Å²) < 4.78 is 1.85. The van der Waals surface area contributed by atoms with Gasteiger partial charge in [0.25, 0.3) is 0 Å². The number of aromatic nitrogens is 3. The number of rotatable bonds is 9. The molecule has 3 heterocycles. The molecule has 0 saturated carbocycles. The van der Waals surface area contributed by atoms with Gasteiger partial charge in [0.2, 0.25) is 5.91 Å². The standard InChI is InChI=1S/C27H37N7O2/c1-16(2)24-26(32-14-21-8-10-29-15-22(21)35)33-34-23(9-11-30-27(24)34)31-13-19-6-5-7-20(12-19)17(3)18(4)25(28)36/h5-7,9,11-12,16,21-22,29,31,35H,8,10,13-15H2,1-4H3,(H2,28,36)(H,32,33)/b18-17+/t21-,22+/m1/s1. The number of aliphatic hydroxyl groups is 1. The Morgan fingerprint density at radius 3 is 2.81 bits per heavy atom. The lowest BCUT2D eigenvalue weighted by Crippen LogP contribution is -2.43. The molecular formula is C27H37N7O2. The Kier molecular flexibility index (Phi) is 7.91. The highest BCUT2D eigenvalue weighted by molar-refractivity contribution is 5.99. The normalized spacial score (nSPS) is 18.8. The van der Waals surface area contributed by atoms with Crippen LogP contribution in [0.2, 0.25) is 0 Å². The van der Waals surface area contributed by atoms with Crippen molar-refractivity contribution in [1.29, 1.82) is 0 Å². The van der Waals surface area contributed by atoms with Gasteiger partial charge in [0.15, 0.2) is 11.5 Å². The molecule has 4 rings (SSSR count). The lowest BCUT2D eigenvalue weighted by atomic mass is 9.95. The van der Waals surface area contributed by atoms with Crippen LogP contribution in [0, 0.1) is 5.92 Å². The van der Waals surface area contributed by atoms with E-state index >= 15 is 0 Å². The number of anilines is 2. The number of carbonyl (C=O) groups excluding carboxylic acids is 1. The summed E-state index contributed by atoms with van der Waals surface area (Å²) in [5.74, 6) is 1.65. The highest BCUT2D eigenvalue weighted by Gasteiger charge is 2.24. The van der Waals surface area contributed by atoms with E-state index in [4.69, 9.17) is 10.8 Å². The van der Waals surface area contributed by atoms with Crippen molar-refractivity contribution in [3.63, 3.8) is 0 Å². The summed E-state index contributed by atoms with van der Waals surface area (Å²) in [6.45, 7) is 10.7. The largest absolute Gasteiger partial charge is 0.391 e. The number of nitrogens with zero attached hydrogens (tertiary/aromatic N) is 3. The van der Waals surface area contributed by atoms with Crippen molar-refractivity contribution in [2.24, 2.45) is 11.7 Å². The number of hydrogen-bond donors (Lipinski definition) is 5. The SMILES string of the molecule is C/C(C(N)=O)=C(/C)c1cccc(CNc2ccnc3c(C(C)C)c(NC[C@H]4CCNC[C@@H]4O)nn23)c1. The molecule has 0 aliphatic carbocycles. The molecule has 9 nitrogen and oxygen atoms in total. The third kappa shape index (κ3) is 5.52. The third-order valence-electron chi connectivity index (χ3n) is 7.02. The summed E-state index contributed by atoms with van der Waals surface area (Å²) in [5, 5.41) is 25.4. The summed E-state index contributed by atoms with van der Waals surface area (Å²) in [6, 6.07) is 9.98. The maximum absolute atomic E-state index is 11.6. The molecular weight excluding hydrogens is 454 g/mol. The number of benzene rings is 1. The quantitative estimate of drug-likeness (QED) is 0.291. The molecule has 192 valence electrons. The van der Waals surface area contributed by atoms with E-state index in [9.17, 15) is 9.90 Å². The Balaban J connectivity index is 1.56. The van der Waals surface area contributed by atoms with E-state index in [-0.39, 0.29) is 17.9 Å². The van der Waals surface area contributed by atoms with E-state index in [0.717, 1.165) is 52.5 Å². The Labute approximate surface area is 212 Å².